The van der Waals surface area contributed by atoms with Gasteiger partial charge >= 0.3 is 5.97 Å². The number of nitrogens with zero attached hydrogens (tertiary/aromatic N) is 2. The fourth-order valence-corrected chi connectivity index (χ4v) is 3.35. The Morgan fingerprint density at radius 1 is 1.15 bits per heavy atom. The number of ether oxygens (including phenoxy) is 1. The number of furan rings is 1. The molecular weight excluding hydrogens is 426 g/mol. The highest BCUT2D eigenvalue weighted by Gasteiger charge is 2.25. The Bertz CT molecular complexity index is 1220. The first-order valence-corrected chi connectivity index (χ1v) is 10.7. The second kappa shape index (κ2) is 10.2. The molecule has 33 heavy (non-hydrogen) atoms. The summed E-state index contributed by atoms with van der Waals surface area (Å²) in [6.07, 6.45) is 1.57. The van der Waals surface area contributed by atoms with E-state index in [1.165, 1.54) is 6.07 Å². The zero-order valence-electron chi connectivity index (χ0n) is 19.4. The second-order valence-electron chi connectivity index (χ2n) is 7.35. The molecule has 1 N–H and O–H groups in total. The van der Waals surface area contributed by atoms with Gasteiger partial charge in [0.2, 0.25) is 11.7 Å². The van der Waals surface area contributed by atoms with Crippen molar-refractivity contribution >= 4 is 40.0 Å². The molecule has 9 heteroatoms. The average molecular weight is 453 g/mol. The standard InChI is InChI=1S/C24H27N3O6/c1-6-27(7-2)20(28)11-14(4)16-9-10-19-17(13-16)21(22(32-19)24(30)31-8-3)25-23(29)18-12-15(5)33-26-18/h9-13H,6-8H2,1-5H3,(H,25,29)/b14-11+. The number of esters is 1. The Labute approximate surface area is 191 Å². The van der Waals surface area contributed by atoms with Crippen molar-refractivity contribution in [1.82, 2.24) is 10.1 Å². The lowest BCUT2D eigenvalue weighted by molar-refractivity contribution is -0.125. The summed E-state index contributed by atoms with van der Waals surface area (Å²) in [4.78, 5) is 39.4. The number of hydrogen-bond acceptors (Lipinski definition) is 7. The molecule has 2 amide bonds. The number of amides is 2. The quantitative estimate of drug-likeness (QED) is 0.396. The summed E-state index contributed by atoms with van der Waals surface area (Å²) < 4.78 is 15.8. The fourth-order valence-electron chi connectivity index (χ4n) is 3.35. The number of anilines is 1. The molecule has 1 aromatic carbocycles. The number of fused-ring (bicyclic) bond motifs is 1. The van der Waals surface area contributed by atoms with E-state index in [-0.39, 0.29) is 29.7 Å². The monoisotopic (exact) mass is 453 g/mol. The van der Waals surface area contributed by atoms with Gasteiger partial charge in [-0.15, -0.1) is 0 Å². The summed E-state index contributed by atoms with van der Waals surface area (Å²) in [5.41, 5.74) is 2.09. The highest BCUT2D eigenvalue weighted by Crippen LogP contribution is 2.34. The third-order valence-electron chi connectivity index (χ3n) is 5.12. The van der Waals surface area contributed by atoms with Crippen molar-refractivity contribution in [1.29, 1.82) is 0 Å². The van der Waals surface area contributed by atoms with Crippen LogP contribution in [-0.4, -0.2) is 47.5 Å². The molecular formula is C24H27N3O6. The number of hydrogen-bond donors (Lipinski definition) is 1. The van der Waals surface area contributed by atoms with E-state index in [9.17, 15) is 14.4 Å². The molecule has 0 fully saturated rings. The van der Waals surface area contributed by atoms with Gasteiger partial charge in [-0.05, 0) is 57.9 Å². The lowest BCUT2D eigenvalue weighted by Crippen LogP contribution is -2.28. The number of carbonyl (C=O) groups excluding carboxylic acids is 3. The van der Waals surface area contributed by atoms with Gasteiger partial charge in [0, 0.05) is 30.6 Å². The van der Waals surface area contributed by atoms with Crippen molar-refractivity contribution in [3.05, 3.63) is 53.1 Å². The van der Waals surface area contributed by atoms with Crippen molar-refractivity contribution in [2.24, 2.45) is 0 Å². The lowest BCUT2D eigenvalue weighted by Gasteiger charge is -2.16. The molecule has 174 valence electrons. The zero-order chi connectivity index (χ0) is 24.1. The Balaban J connectivity index is 2.05. The van der Waals surface area contributed by atoms with Gasteiger partial charge in [-0.1, -0.05) is 11.2 Å². The third-order valence-corrected chi connectivity index (χ3v) is 5.12. The predicted molar refractivity (Wildman–Crippen MR) is 123 cm³/mol. The molecule has 0 spiro atoms. The number of likely N-dealkylation sites (N-methyl/N-ethyl adjacent to an activating group) is 1. The van der Waals surface area contributed by atoms with Crippen LogP contribution in [0.5, 0.6) is 0 Å². The van der Waals surface area contributed by atoms with Crippen molar-refractivity contribution in [3.63, 3.8) is 0 Å². The largest absolute Gasteiger partial charge is 0.460 e. The van der Waals surface area contributed by atoms with Gasteiger partial charge in [0.1, 0.15) is 17.0 Å². The van der Waals surface area contributed by atoms with Gasteiger partial charge in [0.15, 0.2) is 5.69 Å². The van der Waals surface area contributed by atoms with Crippen LogP contribution >= 0.6 is 0 Å². The van der Waals surface area contributed by atoms with E-state index in [0.29, 0.717) is 29.8 Å². The van der Waals surface area contributed by atoms with E-state index in [1.807, 2.05) is 20.8 Å². The van der Waals surface area contributed by atoms with E-state index in [2.05, 4.69) is 10.5 Å². The van der Waals surface area contributed by atoms with Crippen LogP contribution in [0, 0.1) is 6.92 Å². The maximum atomic E-state index is 12.7. The van der Waals surface area contributed by atoms with Crippen molar-refractivity contribution in [3.8, 4) is 0 Å². The molecule has 0 saturated carbocycles. The molecule has 0 aliphatic heterocycles. The maximum absolute atomic E-state index is 12.7. The van der Waals surface area contributed by atoms with Crippen molar-refractivity contribution in [2.45, 2.75) is 34.6 Å². The maximum Gasteiger partial charge on any atom is 0.376 e. The predicted octanol–water partition coefficient (Wildman–Crippen LogP) is 4.43. The Morgan fingerprint density at radius 3 is 2.48 bits per heavy atom. The van der Waals surface area contributed by atoms with E-state index in [4.69, 9.17) is 13.7 Å². The number of carbonyl (C=O) groups is 3. The molecule has 2 aromatic heterocycles. The van der Waals surface area contributed by atoms with E-state index in [0.717, 1.165) is 11.1 Å². The first-order valence-electron chi connectivity index (χ1n) is 10.7. The van der Waals surface area contributed by atoms with Gasteiger partial charge in [-0.25, -0.2) is 4.79 Å². The van der Waals surface area contributed by atoms with Crippen LogP contribution in [0.4, 0.5) is 5.69 Å². The molecule has 0 radical (unpaired) electrons. The molecule has 3 aromatic rings. The third kappa shape index (κ3) is 5.14. The van der Waals surface area contributed by atoms with E-state index in [1.54, 1.807) is 43.0 Å². The number of rotatable bonds is 8. The van der Waals surface area contributed by atoms with Crippen LogP contribution in [0.1, 0.15) is 60.1 Å². The van der Waals surface area contributed by atoms with Gasteiger partial charge in [0.05, 0.1) is 6.61 Å². The van der Waals surface area contributed by atoms with Gasteiger partial charge < -0.3 is 23.9 Å². The summed E-state index contributed by atoms with van der Waals surface area (Å²) in [5, 5.41) is 6.90. The first-order chi connectivity index (χ1) is 15.8. The molecule has 0 unspecified atom stereocenters. The molecule has 0 aliphatic carbocycles. The number of nitrogens with one attached hydrogen (secondary N) is 1. The Morgan fingerprint density at radius 2 is 1.88 bits per heavy atom. The van der Waals surface area contributed by atoms with Crippen LogP contribution < -0.4 is 5.32 Å². The van der Waals surface area contributed by atoms with Crippen LogP contribution in [0.15, 0.2) is 39.3 Å². The SMILES string of the molecule is CCOC(=O)c1oc2ccc(/C(C)=C/C(=O)N(CC)CC)cc2c1NC(=O)c1cc(C)on1. The summed E-state index contributed by atoms with van der Waals surface area (Å²) >= 11 is 0. The van der Waals surface area contributed by atoms with Gasteiger partial charge in [0.25, 0.3) is 5.91 Å². The van der Waals surface area contributed by atoms with Crippen molar-refractivity contribution < 1.29 is 28.1 Å². The number of allylic oxidation sites excluding steroid dienone is 1. The normalized spacial score (nSPS) is 11.5. The molecule has 0 bridgehead atoms. The zero-order valence-corrected chi connectivity index (χ0v) is 19.4. The minimum atomic E-state index is -0.703. The van der Waals surface area contributed by atoms with Crippen LogP contribution in [0.25, 0.3) is 16.5 Å². The summed E-state index contributed by atoms with van der Waals surface area (Å²) in [6, 6.07) is 6.71. The van der Waals surface area contributed by atoms with E-state index >= 15 is 0 Å². The molecule has 9 nitrogen and oxygen atoms in total. The summed E-state index contributed by atoms with van der Waals surface area (Å²) in [7, 11) is 0. The number of aryl methyl sites for hydroxylation is 1. The fraction of sp³-hybridized carbons (Fsp3) is 0.333. The Hall–Kier alpha value is -3.88. The summed E-state index contributed by atoms with van der Waals surface area (Å²) in [6.45, 7) is 10.4. The minimum Gasteiger partial charge on any atom is -0.460 e. The molecule has 0 aliphatic rings. The summed E-state index contributed by atoms with van der Waals surface area (Å²) in [5.74, 6) is -1.01. The second-order valence-corrected chi connectivity index (χ2v) is 7.35. The first kappa shape index (κ1) is 23.8. The molecule has 0 saturated heterocycles. The average Bonchev–Trinajstić information content (AvgIpc) is 3.38. The topological polar surface area (TPSA) is 115 Å². The van der Waals surface area contributed by atoms with Crippen molar-refractivity contribution in [2.75, 3.05) is 25.0 Å². The number of aromatic nitrogens is 1. The van der Waals surface area contributed by atoms with Gasteiger partial charge in [-0.2, -0.15) is 0 Å². The lowest BCUT2D eigenvalue weighted by atomic mass is 10.0. The highest BCUT2D eigenvalue weighted by molar-refractivity contribution is 6.13. The molecule has 0 atom stereocenters. The Kier molecular flexibility index (Phi) is 7.32. The van der Waals surface area contributed by atoms with E-state index < -0.39 is 11.9 Å². The number of benzene rings is 1. The molecule has 2 heterocycles. The van der Waals surface area contributed by atoms with Crippen LogP contribution in [0.2, 0.25) is 0 Å². The smallest absolute Gasteiger partial charge is 0.376 e. The highest BCUT2D eigenvalue weighted by atomic mass is 16.5. The van der Waals surface area contributed by atoms with Gasteiger partial charge in [-0.3, -0.25) is 9.59 Å². The van der Waals surface area contributed by atoms with Crippen LogP contribution in [0.3, 0.4) is 0 Å². The molecule has 3 rings (SSSR count). The minimum absolute atomic E-state index is 0.0636. The van der Waals surface area contributed by atoms with Crippen LogP contribution in [-0.2, 0) is 9.53 Å².